The molecule has 0 saturated carbocycles. The van der Waals surface area contributed by atoms with E-state index in [1.165, 1.54) is 12.0 Å². The number of aryl methyl sites for hydroxylation is 1. The number of methoxy groups -OCH3 is 1. The predicted octanol–water partition coefficient (Wildman–Crippen LogP) is 2.61. The minimum atomic E-state index is -0.595. The van der Waals surface area contributed by atoms with Crippen molar-refractivity contribution in [3.05, 3.63) is 12.4 Å². The van der Waals surface area contributed by atoms with Gasteiger partial charge in [0.1, 0.15) is 5.54 Å². The lowest BCUT2D eigenvalue weighted by Crippen LogP contribution is -2.52. The number of rotatable bonds is 9. The third-order valence-electron chi connectivity index (χ3n) is 3.26. The average Bonchev–Trinajstić information content (AvgIpc) is 2.82. The number of nitrogens with one attached hydrogen (secondary N) is 1. The second-order valence-corrected chi connectivity index (χ2v) is 6.95. The van der Waals surface area contributed by atoms with Crippen LogP contribution in [0.1, 0.15) is 40.0 Å². The summed E-state index contributed by atoms with van der Waals surface area (Å²) in [5.41, 5.74) is -0.595. The number of thioether (sulfide) groups is 1. The normalized spacial score (nSPS) is 14.2. The number of ether oxygens (including phenoxy) is 1. The van der Waals surface area contributed by atoms with Gasteiger partial charge >= 0.3 is 5.97 Å². The van der Waals surface area contributed by atoms with Crippen LogP contribution >= 0.6 is 11.8 Å². The first-order valence-corrected chi connectivity index (χ1v) is 8.33. The van der Waals surface area contributed by atoms with Crippen molar-refractivity contribution in [1.82, 2.24) is 15.1 Å². The number of hydrogen-bond acceptors (Lipinski definition) is 5. The molecule has 0 aliphatic heterocycles. The molecular weight excluding hydrogens is 286 g/mol. The number of carbonyl (C=O) groups is 1. The molecule has 0 bridgehead atoms. The largest absolute Gasteiger partial charge is 0.468 e. The Morgan fingerprint density at radius 2 is 2.24 bits per heavy atom. The predicted molar refractivity (Wildman–Crippen MR) is 86.5 cm³/mol. The molecule has 21 heavy (non-hydrogen) atoms. The molecule has 0 aliphatic rings. The van der Waals surface area contributed by atoms with E-state index in [1.807, 2.05) is 44.9 Å². The molecule has 0 saturated heterocycles. The molecule has 0 radical (unpaired) electrons. The van der Waals surface area contributed by atoms with Crippen LogP contribution in [0.4, 0.5) is 0 Å². The van der Waals surface area contributed by atoms with Gasteiger partial charge in [-0.3, -0.25) is 14.8 Å². The summed E-state index contributed by atoms with van der Waals surface area (Å²) in [5.74, 6) is 0.848. The van der Waals surface area contributed by atoms with Crippen LogP contribution < -0.4 is 5.32 Å². The molecule has 1 N–H and O–H groups in total. The molecule has 1 atom stereocenters. The SMILES string of the molecule is COC(=O)C(C)(CCCCSc1cnn(C)c1)NC(C)C. The average molecular weight is 313 g/mol. The summed E-state index contributed by atoms with van der Waals surface area (Å²) in [7, 11) is 3.37. The van der Waals surface area contributed by atoms with E-state index in [0.29, 0.717) is 0 Å². The lowest BCUT2D eigenvalue weighted by Gasteiger charge is -2.30. The number of unbranched alkanes of at least 4 members (excludes halogenated alkanes) is 1. The van der Waals surface area contributed by atoms with Gasteiger partial charge in [-0.05, 0) is 39.4 Å². The van der Waals surface area contributed by atoms with Gasteiger partial charge < -0.3 is 4.74 Å². The summed E-state index contributed by atoms with van der Waals surface area (Å²) in [4.78, 5) is 13.1. The molecule has 1 heterocycles. The van der Waals surface area contributed by atoms with Gasteiger partial charge in [-0.2, -0.15) is 5.10 Å². The highest BCUT2D eigenvalue weighted by Crippen LogP contribution is 2.21. The van der Waals surface area contributed by atoms with Gasteiger partial charge in [0.2, 0.25) is 0 Å². The maximum Gasteiger partial charge on any atom is 0.325 e. The van der Waals surface area contributed by atoms with E-state index in [4.69, 9.17) is 4.74 Å². The van der Waals surface area contributed by atoms with E-state index >= 15 is 0 Å². The highest BCUT2D eigenvalue weighted by Gasteiger charge is 2.33. The fraction of sp³-hybridized carbons (Fsp3) is 0.733. The van der Waals surface area contributed by atoms with E-state index in [1.54, 1.807) is 11.8 Å². The van der Waals surface area contributed by atoms with E-state index in [2.05, 4.69) is 10.4 Å². The van der Waals surface area contributed by atoms with E-state index in [-0.39, 0.29) is 12.0 Å². The fourth-order valence-corrected chi connectivity index (χ4v) is 3.27. The summed E-state index contributed by atoms with van der Waals surface area (Å²) in [5, 5.41) is 7.47. The van der Waals surface area contributed by atoms with Crippen LogP contribution in [-0.4, -0.2) is 40.2 Å². The Morgan fingerprint density at radius 3 is 2.76 bits per heavy atom. The van der Waals surface area contributed by atoms with Crippen molar-refractivity contribution in [2.75, 3.05) is 12.9 Å². The lowest BCUT2D eigenvalue weighted by atomic mass is 9.94. The second kappa shape index (κ2) is 8.44. The Kier molecular flexibility index (Phi) is 7.25. The van der Waals surface area contributed by atoms with Crippen LogP contribution in [0.25, 0.3) is 0 Å². The van der Waals surface area contributed by atoms with E-state index in [9.17, 15) is 4.79 Å². The zero-order chi connectivity index (χ0) is 15.9. The Morgan fingerprint density at radius 1 is 1.52 bits per heavy atom. The standard InChI is InChI=1S/C15H27N3O2S/c1-12(2)17-15(3,14(19)20-5)8-6-7-9-21-13-10-16-18(4)11-13/h10-12,17H,6-9H2,1-5H3. The monoisotopic (exact) mass is 313 g/mol. The van der Waals surface area contributed by atoms with Crippen molar-refractivity contribution in [1.29, 1.82) is 0 Å². The molecular formula is C15H27N3O2S. The van der Waals surface area contributed by atoms with Crippen LogP contribution in [0.2, 0.25) is 0 Å². The van der Waals surface area contributed by atoms with E-state index < -0.39 is 5.54 Å². The molecule has 0 aromatic carbocycles. The minimum absolute atomic E-state index is 0.184. The number of carbonyl (C=O) groups excluding carboxylic acids is 1. The van der Waals surface area contributed by atoms with Gasteiger partial charge in [0.15, 0.2) is 0 Å². The van der Waals surface area contributed by atoms with Crippen molar-refractivity contribution in [3.8, 4) is 0 Å². The number of esters is 1. The van der Waals surface area contributed by atoms with Crippen LogP contribution in [0.3, 0.4) is 0 Å². The molecule has 1 rings (SSSR count). The summed E-state index contributed by atoms with van der Waals surface area (Å²) >= 11 is 1.80. The first-order chi connectivity index (χ1) is 9.87. The minimum Gasteiger partial charge on any atom is -0.468 e. The second-order valence-electron chi connectivity index (χ2n) is 5.78. The first kappa shape index (κ1) is 18.0. The first-order valence-electron chi connectivity index (χ1n) is 7.35. The molecule has 0 spiro atoms. The smallest absolute Gasteiger partial charge is 0.325 e. The Balaban J connectivity index is 2.34. The summed E-state index contributed by atoms with van der Waals surface area (Å²) in [6, 6.07) is 0.249. The molecule has 1 aromatic rings. The molecule has 1 aromatic heterocycles. The van der Waals surface area contributed by atoms with Crippen LogP contribution in [0, 0.1) is 0 Å². The maximum atomic E-state index is 12.0. The summed E-state index contributed by atoms with van der Waals surface area (Å²) in [6.45, 7) is 6.01. The van der Waals surface area contributed by atoms with Crippen LogP contribution in [0.5, 0.6) is 0 Å². The summed E-state index contributed by atoms with van der Waals surface area (Å²) in [6.07, 6.45) is 6.73. The summed E-state index contributed by atoms with van der Waals surface area (Å²) < 4.78 is 6.74. The van der Waals surface area contributed by atoms with Crippen molar-refractivity contribution < 1.29 is 9.53 Å². The highest BCUT2D eigenvalue weighted by molar-refractivity contribution is 7.99. The van der Waals surface area contributed by atoms with Gasteiger partial charge in [-0.25, -0.2) is 0 Å². The third-order valence-corrected chi connectivity index (χ3v) is 4.30. The molecule has 5 nitrogen and oxygen atoms in total. The van der Waals surface area contributed by atoms with Crippen molar-refractivity contribution >= 4 is 17.7 Å². The van der Waals surface area contributed by atoms with Crippen LogP contribution in [-0.2, 0) is 16.6 Å². The number of nitrogens with zero attached hydrogens (tertiary/aromatic N) is 2. The Bertz CT molecular complexity index is 448. The van der Waals surface area contributed by atoms with Gasteiger partial charge in [0, 0.05) is 24.2 Å². The fourth-order valence-electron chi connectivity index (χ4n) is 2.34. The van der Waals surface area contributed by atoms with Crippen LogP contribution in [0.15, 0.2) is 17.3 Å². The maximum absolute atomic E-state index is 12.0. The Labute approximate surface area is 131 Å². The Hall–Kier alpha value is -1.01. The zero-order valence-corrected chi connectivity index (χ0v) is 14.5. The van der Waals surface area contributed by atoms with Crippen molar-refractivity contribution in [2.45, 2.75) is 56.5 Å². The molecule has 0 amide bonds. The number of hydrogen-bond donors (Lipinski definition) is 1. The third kappa shape index (κ3) is 6.09. The van der Waals surface area contributed by atoms with Gasteiger partial charge in [0.25, 0.3) is 0 Å². The van der Waals surface area contributed by atoms with Gasteiger partial charge in [-0.1, -0.05) is 6.42 Å². The topological polar surface area (TPSA) is 56.1 Å². The molecule has 120 valence electrons. The number of aromatic nitrogens is 2. The highest BCUT2D eigenvalue weighted by atomic mass is 32.2. The van der Waals surface area contributed by atoms with Gasteiger partial charge in [0.05, 0.1) is 13.3 Å². The zero-order valence-electron chi connectivity index (χ0n) is 13.7. The van der Waals surface area contributed by atoms with Crippen molar-refractivity contribution in [3.63, 3.8) is 0 Å². The molecule has 6 heteroatoms. The molecule has 0 aliphatic carbocycles. The molecule has 1 unspecified atom stereocenters. The van der Waals surface area contributed by atoms with E-state index in [0.717, 1.165) is 25.0 Å². The molecule has 0 fully saturated rings. The quantitative estimate of drug-likeness (QED) is 0.431. The lowest BCUT2D eigenvalue weighted by molar-refractivity contribution is -0.148. The van der Waals surface area contributed by atoms with Gasteiger partial charge in [-0.15, -0.1) is 11.8 Å². The van der Waals surface area contributed by atoms with Crippen molar-refractivity contribution in [2.24, 2.45) is 7.05 Å².